The quantitative estimate of drug-likeness (QED) is 0.759. The van der Waals surface area contributed by atoms with Crippen LogP contribution in [0.4, 0.5) is 0 Å². The van der Waals surface area contributed by atoms with Gasteiger partial charge in [0.1, 0.15) is 6.10 Å². The number of carbonyl (C=O) groups is 2. The molecule has 1 N–H and O–H groups in total. The highest BCUT2D eigenvalue weighted by Crippen LogP contribution is 2.22. The van der Waals surface area contributed by atoms with E-state index in [4.69, 9.17) is 15.1 Å². The van der Waals surface area contributed by atoms with Crippen molar-refractivity contribution in [3.05, 3.63) is 0 Å². The van der Waals surface area contributed by atoms with Crippen molar-refractivity contribution in [2.75, 3.05) is 32.7 Å². The van der Waals surface area contributed by atoms with Crippen LogP contribution in [0.5, 0.6) is 0 Å². The van der Waals surface area contributed by atoms with Crippen molar-refractivity contribution in [3.8, 4) is 6.07 Å². The van der Waals surface area contributed by atoms with Crippen LogP contribution in [0, 0.1) is 11.3 Å². The number of rotatable bonds is 4. The minimum Gasteiger partial charge on any atom is -0.479 e. The van der Waals surface area contributed by atoms with E-state index in [1.807, 2.05) is 0 Å². The molecule has 0 aromatic heterocycles. The average Bonchev–Trinajstić information content (AvgIpc) is 2.95. The lowest BCUT2D eigenvalue weighted by Gasteiger charge is -2.35. The summed E-state index contributed by atoms with van der Waals surface area (Å²) in [5.74, 6) is -1.10. The molecule has 0 aliphatic carbocycles. The first-order valence-corrected chi connectivity index (χ1v) is 6.88. The first-order valence-electron chi connectivity index (χ1n) is 6.88. The smallest absolute Gasteiger partial charge is 0.332 e. The minimum absolute atomic E-state index is 0.103. The standard InChI is InChI=1S/C13H19N3O4/c14-4-1-5-15-6-8-16(9-7-15)12(17)10-2-3-11(20-10)13(18)19/h10-11H,1-3,5-9H2,(H,18,19). The Balaban J connectivity index is 1.78. The largest absolute Gasteiger partial charge is 0.479 e. The zero-order chi connectivity index (χ0) is 14.5. The molecule has 1 amide bonds. The van der Waals surface area contributed by atoms with E-state index in [1.165, 1.54) is 0 Å². The number of carboxylic acid groups (broad SMARTS) is 1. The number of nitrogens with zero attached hydrogens (tertiary/aromatic N) is 3. The van der Waals surface area contributed by atoms with Gasteiger partial charge in [-0.15, -0.1) is 0 Å². The van der Waals surface area contributed by atoms with E-state index in [2.05, 4.69) is 11.0 Å². The molecule has 0 spiro atoms. The van der Waals surface area contributed by atoms with Crippen molar-refractivity contribution >= 4 is 11.9 Å². The zero-order valence-corrected chi connectivity index (χ0v) is 11.3. The molecular weight excluding hydrogens is 262 g/mol. The number of ether oxygens (including phenoxy) is 1. The number of hydrogen-bond acceptors (Lipinski definition) is 5. The third kappa shape index (κ3) is 3.46. The summed E-state index contributed by atoms with van der Waals surface area (Å²) < 4.78 is 5.28. The van der Waals surface area contributed by atoms with Gasteiger partial charge in [-0.25, -0.2) is 4.79 Å². The molecule has 2 aliphatic rings. The summed E-state index contributed by atoms with van der Waals surface area (Å²) in [5, 5.41) is 17.4. The van der Waals surface area contributed by atoms with Crippen LogP contribution in [-0.2, 0) is 14.3 Å². The van der Waals surface area contributed by atoms with Crippen LogP contribution in [0.25, 0.3) is 0 Å². The summed E-state index contributed by atoms with van der Waals surface area (Å²) in [4.78, 5) is 26.9. The molecule has 2 fully saturated rings. The summed E-state index contributed by atoms with van der Waals surface area (Å²) in [5.41, 5.74) is 0. The molecule has 2 aliphatic heterocycles. The van der Waals surface area contributed by atoms with E-state index in [0.717, 1.165) is 19.6 Å². The van der Waals surface area contributed by atoms with Gasteiger partial charge in [-0.05, 0) is 12.8 Å². The highest BCUT2D eigenvalue weighted by Gasteiger charge is 2.37. The van der Waals surface area contributed by atoms with Gasteiger partial charge in [-0.2, -0.15) is 5.26 Å². The molecule has 2 saturated heterocycles. The van der Waals surface area contributed by atoms with E-state index >= 15 is 0 Å². The van der Waals surface area contributed by atoms with Crippen LogP contribution in [0.3, 0.4) is 0 Å². The van der Waals surface area contributed by atoms with Crippen LogP contribution in [0.2, 0.25) is 0 Å². The lowest BCUT2D eigenvalue weighted by Crippen LogP contribution is -2.51. The van der Waals surface area contributed by atoms with E-state index in [1.54, 1.807) is 4.90 Å². The second-order valence-electron chi connectivity index (χ2n) is 5.10. The lowest BCUT2D eigenvalue weighted by atomic mass is 10.1. The van der Waals surface area contributed by atoms with Gasteiger partial charge in [0, 0.05) is 39.1 Å². The van der Waals surface area contributed by atoms with Crippen LogP contribution >= 0.6 is 0 Å². The topological polar surface area (TPSA) is 93.9 Å². The molecule has 20 heavy (non-hydrogen) atoms. The Morgan fingerprint density at radius 2 is 1.85 bits per heavy atom. The maximum Gasteiger partial charge on any atom is 0.332 e. The first-order chi connectivity index (χ1) is 9.61. The van der Waals surface area contributed by atoms with Crippen LogP contribution in [-0.4, -0.2) is 71.7 Å². The van der Waals surface area contributed by atoms with Crippen molar-refractivity contribution in [3.63, 3.8) is 0 Å². The third-order valence-electron chi connectivity index (χ3n) is 3.79. The molecule has 0 bridgehead atoms. The van der Waals surface area contributed by atoms with Crippen molar-refractivity contribution < 1.29 is 19.4 Å². The summed E-state index contributed by atoms with van der Waals surface area (Å²) in [6, 6.07) is 2.11. The van der Waals surface area contributed by atoms with Crippen LogP contribution < -0.4 is 0 Å². The van der Waals surface area contributed by atoms with Gasteiger partial charge >= 0.3 is 5.97 Å². The molecule has 0 aromatic rings. The predicted molar refractivity (Wildman–Crippen MR) is 68.8 cm³/mol. The Hall–Kier alpha value is -1.65. The fourth-order valence-corrected chi connectivity index (χ4v) is 2.60. The Kier molecular flexibility index (Phi) is 4.93. The molecule has 2 atom stereocenters. The molecule has 7 nitrogen and oxygen atoms in total. The molecule has 0 aromatic carbocycles. The van der Waals surface area contributed by atoms with Gasteiger partial charge in [0.25, 0.3) is 5.91 Å². The highest BCUT2D eigenvalue weighted by molar-refractivity contribution is 5.82. The number of carbonyl (C=O) groups excluding carboxylic acids is 1. The fraction of sp³-hybridized carbons (Fsp3) is 0.769. The third-order valence-corrected chi connectivity index (χ3v) is 3.79. The second-order valence-corrected chi connectivity index (χ2v) is 5.10. The first kappa shape index (κ1) is 14.8. The van der Waals surface area contributed by atoms with E-state index in [-0.39, 0.29) is 5.91 Å². The number of hydrogen-bond donors (Lipinski definition) is 1. The minimum atomic E-state index is -0.998. The summed E-state index contributed by atoms with van der Waals surface area (Å²) in [6.07, 6.45) is -0.0826. The van der Waals surface area contributed by atoms with Crippen molar-refractivity contribution in [1.82, 2.24) is 9.80 Å². The number of carboxylic acids is 1. The van der Waals surface area contributed by atoms with Crippen molar-refractivity contribution in [1.29, 1.82) is 5.26 Å². The van der Waals surface area contributed by atoms with Gasteiger partial charge in [-0.1, -0.05) is 0 Å². The molecular formula is C13H19N3O4. The lowest BCUT2D eigenvalue weighted by molar-refractivity contribution is -0.155. The summed E-state index contributed by atoms with van der Waals surface area (Å²) in [7, 11) is 0. The molecule has 0 radical (unpaired) electrons. The Labute approximate surface area is 117 Å². The number of nitriles is 1. The van der Waals surface area contributed by atoms with E-state index < -0.39 is 18.2 Å². The molecule has 7 heteroatoms. The van der Waals surface area contributed by atoms with Gasteiger partial charge in [0.05, 0.1) is 6.07 Å². The van der Waals surface area contributed by atoms with Crippen molar-refractivity contribution in [2.24, 2.45) is 0 Å². The SMILES string of the molecule is N#CCCN1CCN(C(=O)C2CCC(C(=O)O)O2)CC1. The Morgan fingerprint density at radius 3 is 2.40 bits per heavy atom. The Morgan fingerprint density at radius 1 is 1.20 bits per heavy atom. The predicted octanol–water partition coefficient (Wildman–Crippen LogP) is -0.324. The van der Waals surface area contributed by atoms with Crippen molar-refractivity contribution in [2.45, 2.75) is 31.5 Å². The number of aliphatic carboxylic acids is 1. The second kappa shape index (κ2) is 6.68. The average molecular weight is 281 g/mol. The maximum atomic E-state index is 12.2. The zero-order valence-electron chi connectivity index (χ0n) is 11.3. The van der Waals surface area contributed by atoms with Gasteiger partial charge in [0.15, 0.2) is 6.10 Å². The fourth-order valence-electron chi connectivity index (χ4n) is 2.60. The van der Waals surface area contributed by atoms with Gasteiger partial charge in [-0.3, -0.25) is 9.69 Å². The van der Waals surface area contributed by atoms with E-state index in [9.17, 15) is 9.59 Å². The van der Waals surface area contributed by atoms with Gasteiger partial charge < -0.3 is 14.7 Å². The highest BCUT2D eigenvalue weighted by atomic mass is 16.5. The molecule has 2 rings (SSSR count). The summed E-state index contributed by atoms with van der Waals surface area (Å²) >= 11 is 0. The normalized spacial score (nSPS) is 27.2. The van der Waals surface area contributed by atoms with Crippen LogP contribution in [0.15, 0.2) is 0 Å². The molecule has 0 saturated carbocycles. The monoisotopic (exact) mass is 281 g/mol. The number of amides is 1. The van der Waals surface area contributed by atoms with Gasteiger partial charge in [0.2, 0.25) is 0 Å². The molecule has 2 heterocycles. The molecule has 2 unspecified atom stereocenters. The number of piperazine rings is 1. The Bertz CT molecular complexity index is 412. The van der Waals surface area contributed by atoms with Crippen LogP contribution in [0.1, 0.15) is 19.3 Å². The molecule has 110 valence electrons. The maximum absolute atomic E-state index is 12.2. The summed E-state index contributed by atoms with van der Waals surface area (Å²) in [6.45, 7) is 3.47. The van der Waals surface area contributed by atoms with E-state index in [0.29, 0.717) is 32.4 Å².